The highest BCUT2D eigenvalue weighted by atomic mass is 19.1. The minimum absolute atomic E-state index is 0.292. The molecule has 1 aromatic carbocycles. The number of hydrogen-bond acceptors (Lipinski definition) is 2. The molecule has 0 spiro atoms. The zero-order valence-corrected chi connectivity index (χ0v) is 11.6. The highest BCUT2D eigenvalue weighted by Crippen LogP contribution is 2.17. The van der Waals surface area contributed by atoms with Gasteiger partial charge >= 0.3 is 0 Å². The molecular formula is C15H24FNO. The van der Waals surface area contributed by atoms with Gasteiger partial charge in [-0.15, -0.1) is 0 Å². The number of aliphatic hydroxyl groups excluding tert-OH is 1. The van der Waals surface area contributed by atoms with E-state index >= 15 is 0 Å². The van der Waals surface area contributed by atoms with E-state index in [0.717, 1.165) is 19.5 Å². The zero-order chi connectivity index (χ0) is 13.5. The number of rotatable bonds is 7. The smallest absolute Gasteiger partial charge is 0.123 e. The predicted octanol–water partition coefficient (Wildman–Crippen LogP) is 3.23. The molecule has 3 heteroatoms. The van der Waals surface area contributed by atoms with Gasteiger partial charge < -0.3 is 10.0 Å². The van der Waals surface area contributed by atoms with E-state index in [0.29, 0.717) is 17.9 Å². The van der Waals surface area contributed by atoms with E-state index in [1.54, 1.807) is 12.1 Å². The van der Waals surface area contributed by atoms with Crippen LogP contribution in [-0.2, 0) is 0 Å². The van der Waals surface area contributed by atoms with E-state index in [1.165, 1.54) is 12.1 Å². The van der Waals surface area contributed by atoms with E-state index in [2.05, 4.69) is 25.8 Å². The molecule has 102 valence electrons. The van der Waals surface area contributed by atoms with Gasteiger partial charge in [-0.1, -0.05) is 26.0 Å². The SMILES string of the molecule is CC(C)CCN(C)CCC(O)c1cccc(F)c1. The highest BCUT2D eigenvalue weighted by molar-refractivity contribution is 5.18. The molecule has 0 fully saturated rings. The Morgan fingerprint density at radius 2 is 1.89 bits per heavy atom. The summed E-state index contributed by atoms with van der Waals surface area (Å²) in [7, 11) is 2.06. The van der Waals surface area contributed by atoms with Crippen LogP contribution in [0.3, 0.4) is 0 Å². The van der Waals surface area contributed by atoms with E-state index < -0.39 is 6.10 Å². The lowest BCUT2D eigenvalue weighted by Gasteiger charge is -2.20. The average molecular weight is 253 g/mol. The monoisotopic (exact) mass is 253 g/mol. The van der Waals surface area contributed by atoms with E-state index in [-0.39, 0.29) is 5.82 Å². The summed E-state index contributed by atoms with van der Waals surface area (Å²) in [6.45, 7) is 6.27. The van der Waals surface area contributed by atoms with E-state index in [9.17, 15) is 9.50 Å². The first-order valence-electron chi connectivity index (χ1n) is 6.61. The highest BCUT2D eigenvalue weighted by Gasteiger charge is 2.09. The van der Waals surface area contributed by atoms with Crippen LogP contribution < -0.4 is 0 Å². The van der Waals surface area contributed by atoms with Crippen molar-refractivity contribution in [3.8, 4) is 0 Å². The van der Waals surface area contributed by atoms with Gasteiger partial charge in [0.05, 0.1) is 6.10 Å². The van der Waals surface area contributed by atoms with Gasteiger partial charge in [-0.3, -0.25) is 0 Å². The van der Waals surface area contributed by atoms with Crippen LogP contribution in [0.25, 0.3) is 0 Å². The maximum atomic E-state index is 13.0. The molecule has 0 bridgehead atoms. The molecule has 0 saturated heterocycles. The summed E-state index contributed by atoms with van der Waals surface area (Å²) in [5.74, 6) is 0.403. The Hall–Kier alpha value is -0.930. The summed E-state index contributed by atoms with van der Waals surface area (Å²) < 4.78 is 13.0. The van der Waals surface area contributed by atoms with Crippen LogP contribution in [0.15, 0.2) is 24.3 Å². The fraction of sp³-hybridized carbons (Fsp3) is 0.600. The van der Waals surface area contributed by atoms with Crippen molar-refractivity contribution < 1.29 is 9.50 Å². The van der Waals surface area contributed by atoms with Gasteiger partial charge in [0.2, 0.25) is 0 Å². The second kappa shape index (κ2) is 7.49. The molecule has 1 rings (SSSR count). The molecule has 0 aliphatic carbocycles. The van der Waals surface area contributed by atoms with Gasteiger partial charge in [0.25, 0.3) is 0 Å². The third-order valence-corrected chi connectivity index (χ3v) is 3.11. The summed E-state index contributed by atoms with van der Waals surface area (Å²) >= 11 is 0. The van der Waals surface area contributed by atoms with Crippen molar-refractivity contribution in [3.05, 3.63) is 35.6 Å². The third kappa shape index (κ3) is 5.61. The Balaban J connectivity index is 2.34. The summed E-state index contributed by atoms with van der Waals surface area (Å²) in [6.07, 6.45) is 1.21. The Morgan fingerprint density at radius 1 is 1.22 bits per heavy atom. The van der Waals surface area contributed by atoms with Crippen LogP contribution in [0.5, 0.6) is 0 Å². The molecule has 0 radical (unpaired) electrons. The molecule has 0 heterocycles. The molecule has 18 heavy (non-hydrogen) atoms. The number of hydrogen-bond donors (Lipinski definition) is 1. The fourth-order valence-corrected chi connectivity index (χ4v) is 1.81. The topological polar surface area (TPSA) is 23.5 Å². The lowest BCUT2D eigenvalue weighted by atomic mass is 10.1. The van der Waals surface area contributed by atoms with Crippen molar-refractivity contribution in [1.29, 1.82) is 0 Å². The van der Waals surface area contributed by atoms with Crippen molar-refractivity contribution in [1.82, 2.24) is 4.90 Å². The summed E-state index contributed by atoms with van der Waals surface area (Å²) in [5, 5.41) is 9.98. The van der Waals surface area contributed by atoms with Crippen LogP contribution in [0, 0.1) is 11.7 Å². The molecule has 1 N–H and O–H groups in total. The summed E-state index contributed by atoms with van der Waals surface area (Å²) in [4.78, 5) is 2.21. The van der Waals surface area contributed by atoms with Crippen LogP contribution in [0.4, 0.5) is 4.39 Å². The average Bonchev–Trinajstić information content (AvgIpc) is 2.33. The van der Waals surface area contributed by atoms with Crippen LogP contribution in [-0.4, -0.2) is 30.1 Å². The van der Waals surface area contributed by atoms with Crippen LogP contribution >= 0.6 is 0 Å². The standard InChI is InChI=1S/C15H24FNO/c1-12(2)7-9-17(3)10-8-15(18)13-5-4-6-14(16)11-13/h4-6,11-12,15,18H,7-10H2,1-3H3. The molecule has 0 saturated carbocycles. The van der Waals surface area contributed by atoms with Crippen LogP contribution in [0.2, 0.25) is 0 Å². The molecule has 0 aliphatic heterocycles. The normalized spacial score (nSPS) is 13.3. The number of halogens is 1. The largest absolute Gasteiger partial charge is 0.388 e. The maximum Gasteiger partial charge on any atom is 0.123 e. The second-order valence-corrected chi connectivity index (χ2v) is 5.35. The third-order valence-electron chi connectivity index (χ3n) is 3.11. The van der Waals surface area contributed by atoms with E-state index in [1.807, 2.05) is 0 Å². The number of benzene rings is 1. The summed E-state index contributed by atoms with van der Waals surface area (Å²) in [5.41, 5.74) is 0.659. The molecule has 2 nitrogen and oxygen atoms in total. The predicted molar refractivity (Wildman–Crippen MR) is 72.9 cm³/mol. The van der Waals surface area contributed by atoms with Gasteiger partial charge in [0.15, 0.2) is 0 Å². The zero-order valence-electron chi connectivity index (χ0n) is 11.6. The van der Waals surface area contributed by atoms with Crippen molar-refractivity contribution >= 4 is 0 Å². The minimum Gasteiger partial charge on any atom is -0.388 e. The number of aliphatic hydroxyl groups is 1. The van der Waals surface area contributed by atoms with Crippen molar-refractivity contribution in [3.63, 3.8) is 0 Å². The van der Waals surface area contributed by atoms with Gasteiger partial charge in [-0.25, -0.2) is 4.39 Å². The van der Waals surface area contributed by atoms with E-state index in [4.69, 9.17) is 0 Å². The number of nitrogens with zero attached hydrogens (tertiary/aromatic N) is 1. The molecule has 0 aliphatic rings. The lowest BCUT2D eigenvalue weighted by Crippen LogP contribution is -2.23. The molecule has 0 amide bonds. The Bertz CT molecular complexity index is 354. The van der Waals surface area contributed by atoms with Gasteiger partial charge in [0.1, 0.15) is 5.82 Å². The quantitative estimate of drug-likeness (QED) is 0.806. The summed E-state index contributed by atoms with van der Waals surface area (Å²) in [6, 6.07) is 6.20. The van der Waals surface area contributed by atoms with Crippen molar-refractivity contribution in [2.75, 3.05) is 20.1 Å². The molecular weight excluding hydrogens is 229 g/mol. The molecule has 1 aromatic rings. The first-order chi connectivity index (χ1) is 8.49. The molecule has 0 aromatic heterocycles. The van der Waals surface area contributed by atoms with Gasteiger partial charge in [0, 0.05) is 6.54 Å². The Kier molecular flexibility index (Phi) is 6.30. The minimum atomic E-state index is -0.581. The fourth-order valence-electron chi connectivity index (χ4n) is 1.81. The maximum absolute atomic E-state index is 13.0. The van der Waals surface area contributed by atoms with Gasteiger partial charge in [-0.05, 0) is 50.0 Å². The lowest BCUT2D eigenvalue weighted by molar-refractivity contribution is 0.147. The Morgan fingerprint density at radius 3 is 2.50 bits per heavy atom. The Labute approximate surface area is 109 Å². The first-order valence-corrected chi connectivity index (χ1v) is 6.61. The van der Waals surface area contributed by atoms with Crippen molar-refractivity contribution in [2.45, 2.75) is 32.8 Å². The van der Waals surface area contributed by atoms with Crippen molar-refractivity contribution in [2.24, 2.45) is 5.92 Å². The van der Waals surface area contributed by atoms with Crippen LogP contribution in [0.1, 0.15) is 38.4 Å². The molecule has 1 atom stereocenters. The second-order valence-electron chi connectivity index (χ2n) is 5.35. The van der Waals surface area contributed by atoms with Gasteiger partial charge in [-0.2, -0.15) is 0 Å². The first kappa shape index (κ1) is 15.1. The molecule has 1 unspecified atom stereocenters.